The normalized spacial score (nSPS) is 13.8. The van der Waals surface area contributed by atoms with Crippen LogP contribution in [-0.2, 0) is 32.7 Å². The number of carboxylic acids is 1. The van der Waals surface area contributed by atoms with Gasteiger partial charge in [-0.3, -0.25) is 18.6 Å². The molecular formula is C50H98NO9P. The van der Waals surface area contributed by atoms with Crippen LogP contribution < -0.4 is 5.73 Å². The number of phosphoric acid groups is 1. The number of hydrogen-bond donors (Lipinski definition) is 3. The van der Waals surface area contributed by atoms with E-state index in [0.717, 1.165) is 38.5 Å². The average Bonchev–Trinajstić information content (AvgIpc) is 3.24. The number of phosphoric ester groups is 1. The maximum absolute atomic E-state index is 12.7. The Kier molecular flexibility index (Phi) is 45.7. The number of aliphatic carboxylic acids is 1. The van der Waals surface area contributed by atoms with Gasteiger partial charge in [-0.2, -0.15) is 0 Å². The molecule has 0 aromatic carbocycles. The van der Waals surface area contributed by atoms with Crippen LogP contribution in [0.5, 0.6) is 0 Å². The summed E-state index contributed by atoms with van der Waals surface area (Å²) in [6.07, 6.45) is 51.3. The van der Waals surface area contributed by atoms with Crippen molar-refractivity contribution in [2.45, 2.75) is 270 Å². The molecule has 0 aliphatic heterocycles. The van der Waals surface area contributed by atoms with Crippen molar-refractivity contribution in [1.82, 2.24) is 0 Å². The number of esters is 1. The molecule has 11 heteroatoms. The van der Waals surface area contributed by atoms with Gasteiger partial charge in [0.2, 0.25) is 0 Å². The van der Waals surface area contributed by atoms with Crippen molar-refractivity contribution < 1.29 is 42.7 Å². The highest BCUT2D eigenvalue weighted by Gasteiger charge is 2.27. The molecule has 0 fully saturated rings. The van der Waals surface area contributed by atoms with Crippen LogP contribution in [0.15, 0.2) is 12.2 Å². The van der Waals surface area contributed by atoms with E-state index in [0.29, 0.717) is 6.61 Å². The minimum atomic E-state index is -4.61. The molecule has 0 saturated carbocycles. The Morgan fingerprint density at radius 1 is 0.508 bits per heavy atom. The van der Waals surface area contributed by atoms with E-state index < -0.39 is 45.1 Å². The third-order valence-corrected chi connectivity index (χ3v) is 12.5. The van der Waals surface area contributed by atoms with Crippen LogP contribution in [0.4, 0.5) is 0 Å². The fourth-order valence-electron chi connectivity index (χ4n) is 7.54. The number of allylic oxidation sites excluding steroid dienone is 2. The van der Waals surface area contributed by atoms with Gasteiger partial charge in [0.25, 0.3) is 0 Å². The van der Waals surface area contributed by atoms with Crippen LogP contribution in [0.1, 0.15) is 258 Å². The number of rotatable bonds is 50. The number of carbonyl (C=O) groups excluding carboxylic acids is 1. The van der Waals surface area contributed by atoms with Gasteiger partial charge < -0.3 is 25.2 Å². The molecule has 3 unspecified atom stereocenters. The molecule has 0 radical (unpaired) electrons. The van der Waals surface area contributed by atoms with Gasteiger partial charge in [-0.05, 0) is 38.5 Å². The highest BCUT2D eigenvalue weighted by molar-refractivity contribution is 7.47. The third kappa shape index (κ3) is 46.5. The molecule has 0 heterocycles. The van der Waals surface area contributed by atoms with Gasteiger partial charge in [-0.15, -0.1) is 0 Å². The number of carboxylic acid groups (broad SMARTS) is 1. The second-order valence-electron chi connectivity index (χ2n) is 17.7. The first-order valence-corrected chi connectivity index (χ1v) is 27.2. The van der Waals surface area contributed by atoms with Crippen LogP contribution in [0.3, 0.4) is 0 Å². The Bertz CT molecular complexity index is 1030. The predicted octanol–water partition coefficient (Wildman–Crippen LogP) is 14.9. The Morgan fingerprint density at radius 2 is 0.852 bits per heavy atom. The van der Waals surface area contributed by atoms with Crippen molar-refractivity contribution in [2.75, 3.05) is 26.4 Å². The van der Waals surface area contributed by atoms with Gasteiger partial charge in [0.1, 0.15) is 12.1 Å². The van der Waals surface area contributed by atoms with Gasteiger partial charge in [-0.1, -0.05) is 225 Å². The molecule has 0 aromatic rings. The summed E-state index contributed by atoms with van der Waals surface area (Å²) in [6.45, 7) is 3.94. The first kappa shape index (κ1) is 59.7. The number of hydrogen-bond acceptors (Lipinski definition) is 8. The van der Waals surface area contributed by atoms with E-state index >= 15 is 0 Å². The minimum Gasteiger partial charge on any atom is -0.480 e. The first-order valence-electron chi connectivity index (χ1n) is 25.7. The van der Waals surface area contributed by atoms with E-state index in [1.54, 1.807) is 0 Å². The molecule has 0 spiro atoms. The SMILES string of the molecule is CCCCCCCCCC/C=C\CCCCCCCCCCCCCCOCC(COP(=O)(O)OCC(N)C(=O)O)OC(=O)CCCCCCCCCCCCCCCCC. The van der Waals surface area contributed by atoms with Gasteiger partial charge in [0, 0.05) is 13.0 Å². The highest BCUT2D eigenvalue weighted by Crippen LogP contribution is 2.43. The summed E-state index contributed by atoms with van der Waals surface area (Å²) in [5, 5.41) is 8.92. The van der Waals surface area contributed by atoms with Crippen molar-refractivity contribution >= 4 is 19.8 Å². The summed E-state index contributed by atoms with van der Waals surface area (Å²) < 4.78 is 33.5. The summed E-state index contributed by atoms with van der Waals surface area (Å²) in [6, 6.07) is -1.47. The number of carbonyl (C=O) groups is 2. The highest BCUT2D eigenvalue weighted by atomic mass is 31.2. The fraction of sp³-hybridized carbons (Fsp3) is 0.920. The number of unbranched alkanes of at least 4 members (excludes halogenated alkanes) is 34. The quantitative estimate of drug-likeness (QED) is 0.0233. The molecule has 0 saturated heterocycles. The molecule has 0 rings (SSSR count). The van der Waals surface area contributed by atoms with E-state index in [4.69, 9.17) is 29.4 Å². The molecule has 4 N–H and O–H groups in total. The largest absolute Gasteiger partial charge is 0.480 e. The minimum absolute atomic E-state index is 0.0231. The predicted molar refractivity (Wildman–Crippen MR) is 254 cm³/mol. The number of ether oxygens (including phenoxy) is 2. The van der Waals surface area contributed by atoms with E-state index in [-0.39, 0.29) is 13.0 Å². The summed E-state index contributed by atoms with van der Waals surface area (Å²) in [5.41, 5.74) is 5.37. The molecule has 3 atom stereocenters. The van der Waals surface area contributed by atoms with Gasteiger partial charge >= 0.3 is 19.8 Å². The van der Waals surface area contributed by atoms with Gasteiger partial charge in [0.05, 0.1) is 19.8 Å². The first-order chi connectivity index (χ1) is 29.7. The second-order valence-corrected chi connectivity index (χ2v) is 19.1. The van der Waals surface area contributed by atoms with Crippen LogP contribution in [-0.4, -0.2) is 60.5 Å². The van der Waals surface area contributed by atoms with Crippen molar-refractivity contribution in [3.8, 4) is 0 Å². The zero-order valence-corrected chi connectivity index (χ0v) is 40.7. The average molecular weight is 888 g/mol. The van der Waals surface area contributed by atoms with Crippen LogP contribution in [0, 0.1) is 0 Å². The Hall–Kier alpha value is -1.29. The molecule has 0 amide bonds. The zero-order chi connectivity index (χ0) is 44.8. The molecule has 0 aliphatic carbocycles. The van der Waals surface area contributed by atoms with Crippen LogP contribution in [0.2, 0.25) is 0 Å². The fourth-order valence-corrected chi connectivity index (χ4v) is 8.32. The summed E-state index contributed by atoms with van der Waals surface area (Å²) >= 11 is 0. The lowest BCUT2D eigenvalue weighted by atomic mass is 10.0. The maximum Gasteiger partial charge on any atom is 0.472 e. The Morgan fingerprint density at radius 3 is 1.25 bits per heavy atom. The van der Waals surface area contributed by atoms with E-state index in [1.807, 2.05) is 0 Å². The lowest BCUT2D eigenvalue weighted by Crippen LogP contribution is -2.34. The molecule has 0 bridgehead atoms. The van der Waals surface area contributed by atoms with Crippen molar-refractivity contribution in [3.63, 3.8) is 0 Å². The summed E-state index contributed by atoms with van der Waals surface area (Å²) in [5.74, 6) is -1.76. The van der Waals surface area contributed by atoms with Crippen LogP contribution >= 0.6 is 7.82 Å². The molecular weight excluding hydrogens is 790 g/mol. The maximum atomic E-state index is 12.7. The Balaban J connectivity index is 4.05. The standard InChI is InChI=1S/C50H98NO9P/c1-3-5-7-9-11-13-15-17-19-20-21-22-23-24-25-26-27-29-31-33-35-37-39-41-43-57-44-47(45-58-61(55,56)59-46-48(51)50(53)54)60-49(52)42-40-38-36-34-32-30-28-18-16-14-12-10-8-6-4-2/h20-21,47-48H,3-19,22-46,51H2,1-2H3,(H,53,54)(H,55,56)/b21-20-. The summed E-state index contributed by atoms with van der Waals surface area (Å²) in [7, 11) is -4.61. The molecule has 362 valence electrons. The molecule has 0 aromatic heterocycles. The molecule has 0 aliphatic rings. The van der Waals surface area contributed by atoms with E-state index in [9.17, 15) is 19.0 Å². The lowest BCUT2D eigenvalue weighted by molar-refractivity contribution is -0.154. The monoisotopic (exact) mass is 888 g/mol. The van der Waals surface area contributed by atoms with Crippen molar-refractivity contribution in [1.29, 1.82) is 0 Å². The second kappa shape index (κ2) is 46.7. The summed E-state index contributed by atoms with van der Waals surface area (Å²) in [4.78, 5) is 33.6. The topological polar surface area (TPSA) is 155 Å². The van der Waals surface area contributed by atoms with E-state index in [2.05, 4.69) is 26.0 Å². The zero-order valence-electron chi connectivity index (χ0n) is 39.8. The Labute approximate surface area is 375 Å². The smallest absolute Gasteiger partial charge is 0.472 e. The van der Waals surface area contributed by atoms with Crippen molar-refractivity contribution in [3.05, 3.63) is 12.2 Å². The number of nitrogens with two attached hydrogens (primary N) is 1. The van der Waals surface area contributed by atoms with E-state index in [1.165, 1.54) is 199 Å². The van der Waals surface area contributed by atoms with Crippen molar-refractivity contribution in [2.24, 2.45) is 5.73 Å². The third-order valence-electron chi connectivity index (χ3n) is 11.5. The molecule has 61 heavy (non-hydrogen) atoms. The molecule has 10 nitrogen and oxygen atoms in total. The van der Waals surface area contributed by atoms with Crippen LogP contribution in [0.25, 0.3) is 0 Å². The van der Waals surface area contributed by atoms with Gasteiger partial charge in [-0.25, -0.2) is 4.57 Å². The lowest BCUT2D eigenvalue weighted by Gasteiger charge is -2.20. The van der Waals surface area contributed by atoms with Gasteiger partial charge in [0.15, 0.2) is 0 Å².